The van der Waals surface area contributed by atoms with Crippen LogP contribution >= 0.6 is 11.6 Å². The quantitative estimate of drug-likeness (QED) is 0.695. The number of nitrogens with zero attached hydrogens (tertiary/aromatic N) is 2. The number of hydrogen-bond acceptors (Lipinski definition) is 3. The minimum atomic E-state index is -0.615. The molecule has 1 heterocycles. The highest BCUT2D eigenvalue weighted by Gasteiger charge is 2.19. The fourth-order valence-electron chi connectivity index (χ4n) is 1.78. The van der Waals surface area contributed by atoms with Crippen LogP contribution in [0.3, 0.4) is 0 Å². The molecule has 0 aliphatic rings. The number of aryl methyl sites for hydroxylation is 1. The van der Waals surface area contributed by atoms with Gasteiger partial charge in [-0.05, 0) is 17.7 Å². The monoisotopic (exact) mass is 293 g/mol. The molecule has 2 rings (SSSR count). The van der Waals surface area contributed by atoms with E-state index in [2.05, 4.69) is 5.32 Å². The zero-order valence-electron chi connectivity index (χ0n) is 10.7. The molecule has 2 aromatic rings. The molecule has 6 nitrogen and oxygen atoms in total. The van der Waals surface area contributed by atoms with Gasteiger partial charge < -0.3 is 9.88 Å². The maximum atomic E-state index is 12.0. The van der Waals surface area contributed by atoms with Crippen LogP contribution in [0.15, 0.2) is 36.7 Å². The molecule has 0 unspecified atom stereocenters. The Hall–Kier alpha value is -2.34. The van der Waals surface area contributed by atoms with Crippen molar-refractivity contribution in [1.29, 1.82) is 0 Å². The fourth-order valence-corrected chi connectivity index (χ4v) is 2.06. The lowest BCUT2D eigenvalue weighted by molar-refractivity contribution is -0.384. The van der Waals surface area contributed by atoms with Crippen molar-refractivity contribution in [1.82, 2.24) is 9.88 Å². The molecule has 1 aromatic carbocycles. The Morgan fingerprint density at radius 1 is 1.45 bits per heavy atom. The first-order valence-electron chi connectivity index (χ1n) is 5.81. The van der Waals surface area contributed by atoms with Crippen LogP contribution in [0.25, 0.3) is 0 Å². The first-order valence-corrected chi connectivity index (χ1v) is 6.19. The summed E-state index contributed by atoms with van der Waals surface area (Å²) >= 11 is 5.88. The van der Waals surface area contributed by atoms with Gasteiger partial charge in [0.1, 0.15) is 5.02 Å². The Labute approximate surface area is 120 Å². The number of carbonyl (C=O) groups excluding carboxylic acids is 1. The topological polar surface area (TPSA) is 77.2 Å². The number of hydrogen-bond donors (Lipinski definition) is 1. The van der Waals surface area contributed by atoms with Gasteiger partial charge in [-0.3, -0.25) is 14.9 Å². The van der Waals surface area contributed by atoms with E-state index in [4.69, 9.17) is 11.6 Å². The average Bonchev–Trinajstić information content (AvgIpc) is 2.81. The number of nitro benzene ring substituents is 1. The molecule has 7 heteroatoms. The molecule has 0 saturated carbocycles. The standard InChI is InChI=1S/C13H12ClN3O3/c1-16-6-5-9(8-16)7-15-13(18)10-3-2-4-11(12(10)14)17(19)20/h2-6,8H,7H2,1H3,(H,15,18). The van der Waals surface area contributed by atoms with Gasteiger partial charge in [0.15, 0.2) is 0 Å². The number of halogens is 1. The summed E-state index contributed by atoms with van der Waals surface area (Å²) in [5.74, 6) is -0.442. The first kappa shape index (κ1) is 14.1. The molecule has 0 radical (unpaired) electrons. The molecule has 0 aliphatic heterocycles. The van der Waals surface area contributed by atoms with E-state index in [1.165, 1.54) is 18.2 Å². The van der Waals surface area contributed by atoms with E-state index in [9.17, 15) is 14.9 Å². The van der Waals surface area contributed by atoms with Crippen molar-refractivity contribution in [2.24, 2.45) is 7.05 Å². The minimum Gasteiger partial charge on any atom is -0.357 e. The Morgan fingerprint density at radius 3 is 2.80 bits per heavy atom. The Kier molecular flexibility index (Phi) is 4.05. The van der Waals surface area contributed by atoms with E-state index < -0.39 is 10.8 Å². The lowest BCUT2D eigenvalue weighted by atomic mass is 10.2. The van der Waals surface area contributed by atoms with Gasteiger partial charge in [0, 0.05) is 32.1 Å². The zero-order valence-corrected chi connectivity index (χ0v) is 11.4. The summed E-state index contributed by atoms with van der Waals surface area (Å²) in [4.78, 5) is 22.1. The largest absolute Gasteiger partial charge is 0.357 e. The minimum absolute atomic E-state index is 0.0943. The van der Waals surface area contributed by atoms with Gasteiger partial charge in [-0.25, -0.2) is 0 Å². The Bertz CT molecular complexity index is 667. The van der Waals surface area contributed by atoms with Crippen LogP contribution in [0.5, 0.6) is 0 Å². The number of rotatable bonds is 4. The molecular formula is C13H12ClN3O3. The van der Waals surface area contributed by atoms with E-state index in [1.54, 1.807) is 0 Å². The molecule has 0 spiro atoms. The number of carbonyl (C=O) groups is 1. The van der Waals surface area contributed by atoms with Gasteiger partial charge in [-0.15, -0.1) is 0 Å². The first-order chi connectivity index (χ1) is 9.49. The van der Waals surface area contributed by atoms with Crippen molar-refractivity contribution in [2.45, 2.75) is 6.54 Å². The lowest BCUT2D eigenvalue weighted by Gasteiger charge is -2.06. The number of nitrogens with one attached hydrogen (secondary N) is 1. The van der Waals surface area contributed by atoms with Gasteiger partial charge in [-0.1, -0.05) is 17.7 Å². The Balaban J connectivity index is 2.13. The normalized spacial score (nSPS) is 10.3. The molecule has 0 fully saturated rings. The van der Waals surface area contributed by atoms with Crippen LogP contribution in [0.1, 0.15) is 15.9 Å². The predicted octanol–water partition coefficient (Wildman–Crippen LogP) is 2.52. The van der Waals surface area contributed by atoms with Crippen molar-refractivity contribution in [3.8, 4) is 0 Å². The molecule has 0 bridgehead atoms. The fraction of sp³-hybridized carbons (Fsp3) is 0.154. The van der Waals surface area contributed by atoms with E-state index in [1.807, 2.05) is 30.1 Å². The van der Waals surface area contributed by atoms with Crippen LogP contribution in [0.4, 0.5) is 5.69 Å². The zero-order chi connectivity index (χ0) is 14.7. The van der Waals surface area contributed by atoms with Crippen molar-refractivity contribution < 1.29 is 9.72 Å². The molecule has 1 N–H and O–H groups in total. The van der Waals surface area contributed by atoms with Crippen LogP contribution in [-0.4, -0.2) is 15.4 Å². The highest BCUT2D eigenvalue weighted by atomic mass is 35.5. The summed E-state index contributed by atoms with van der Waals surface area (Å²) in [6, 6.07) is 6.02. The molecule has 1 aromatic heterocycles. The van der Waals surface area contributed by atoms with E-state index in [0.29, 0.717) is 6.54 Å². The van der Waals surface area contributed by atoms with Crippen LogP contribution in [0, 0.1) is 10.1 Å². The van der Waals surface area contributed by atoms with E-state index in [-0.39, 0.29) is 16.3 Å². The summed E-state index contributed by atoms with van der Waals surface area (Å²) in [6.45, 7) is 0.332. The highest BCUT2D eigenvalue weighted by Crippen LogP contribution is 2.27. The second kappa shape index (κ2) is 5.75. The van der Waals surface area contributed by atoms with Crippen molar-refractivity contribution in [2.75, 3.05) is 0 Å². The van der Waals surface area contributed by atoms with Gasteiger partial charge in [0.2, 0.25) is 0 Å². The molecule has 0 aliphatic carbocycles. The molecular weight excluding hydrogens is 282 g/mol. The van der Waals surface area contributed by atoms with Crippen molar-refractivity contribution in [3.63, 3.8) is 0 Å². The van der Waals surface area contributed by atoms with Crippen LogP contribution in [-0.2, 0) is 13.6 Å². The van der Waals surface area contributed by atoms with Crippen molar-refractivity contribution in [3.05, 3.63) is 62.9 Å². The third kappa shape index (κ3) is 2.97. The summed E-state index contributed by atoms with van der Waals surface area (Å²) in [7, 11) is 1.88. The summed E-state index contributed by atoms with van der Waals surface area (Å²) in [5.41, 5.74) is 0.748. The summed E-state index contributed by atoms with van der Waals surface area (Å²) < 4.78 is 1.86. The highest BCUT2D eigenvalue weighted by molar-refractivity contribution is 6.35. The van der Waals surface area contributed by atoms with Gasteiger partial charge >= 0.3 is 0 Å². The van der Waals surface area contributed by atoms with Crippen LogP contribution in [0.2, 0.25) is 5.02 Å². The van der Waals surface area contributed by atoms with E-state index in [0.717, 1.165) is 5.56 Å². The maximum Gasteiger partial charge on any atom is 0.288 e. The van der Waals surface area contributed by atoms with Gasteiger partial charge in [0.05, 0.1) is 10.5 Å². The summed E-state index contributed by atoms with van der Waals surface area (Å²) in [5, 5.41) is 13.3. The predicted molar refractivity (Wildman–Crippen MR) is 74.7 cm³/mol. The second-order valence-electron chi connectivity index (χ2n) is 4.26. The SMILES string of the molecule is Cn1ccc(CNC(=O)c2cccc([N+](=O)[O-])c2Cl)c1. The maximum absolute atomic E-state index is 12.0. The third-order valence-electron chi connectivity index (χ3n) is 2.77. The molecule has 20 heavy (non-hydrogen) atoms. The third-order valence-corrected chi connectivity index (χ3v) is 3.16. The average molecular weight is 294 g/mol. The Morgan fingerprint density at radius 2 is 2.20 bits per heavy atom. The number of nitro groups is 1. The molecule has 104 valence electrons. The lowest BCUT2D eigenvalue weighted by Crippen LogP contribution is -2.23. The van der Waals surface area contributed by atoms with E-state index >= 15 is 0 Å². The van der Waals surface area contributed by atoms with Crippen LogP contribution < -0.4 is 5.32 Å². The molecule has 0 saturated heterocycles. The number of benzene rings is 1. The summed E-state index contributed by atoms with van der Waals surface area (Å²) in [6.07, 6.45) is 3.73. The van der Waals surface area contributed by atoms with Gasteiger partial charge in [-0.2, -0.15) is 0 Å². The number of amides is 1. The smallest absolute Gasteiger partial charge is 0.288 e. The number of aromatic nitrogens is 1. The molecule has 1 amide bonds. The molecule has 0 atom stereocenters. The van der Waals surface area contributed by atoms with Gasteiger partial charge in [0.25, 0.3) is 11.6 Å². The second-order valence-corrected chi connectivity index (χ2v) is 4.64. The van der Waals surface area contributed by atoms with Crippen molar-refractivity contribution >= 4 is 23.2 Å².